The van der Waals surface area contributed by atoms with E-state index >= 15 is 0 Å². The number of benzene rings is 2. The smallest absolute Gasteiger partial charge is 0.128 e. The monoisotopic (exact) mass is 333 g/mol. The van der Waals surface area contributed by atoms with Crippen molar-refractivity contribution in [3.05, 3.63) is 65.7 Å². The van der Waals surface area contributed by atoms with Gasteiger partial charge in [0.2, 0.25) is 0 Å². The van der Waals surface area contributed by atoms with Crippen LogP contribution in [0, 0.1) is 0 Å². The number of carbonyl (C=O) groups is 1. The van der Waals surface area contributed by atoms with Gasteiger partial charge in [0.15, 0.2) is 0 Å². The number of para-hydroxylation sites is 1. The fourth-order valence-corrected chi connectivity index (χ4v) is 2.80. The van der Waals surface area contributed by atoms with E-state index in [9.17, 15) is 9.90 Å². The number of carboxylic acid groups (broad SMARTS) is 1. The summed E-state index contributed by atoms with van der Waals surface area (Å²) in [6.45, 7) is 0. The van der Waals surface area contributed by atoms with E-state index < -0.39 is 5.97 Å². The molecule has 0 spiro atoms. The maximum Gasteiger partial charge on any atom is 0.128 e. The van der Waals surface area contributed by atoms with Crippen molar-refractivity contribution in [1.82, 2.24) is 4.98 Å². The van der Waals surface area contributed by atoms with Gasteiger partial charge in [-0.25, -0.2) is 4.98 Å². The number of carboxylic acids is 1. The first-order chi connectivity index (χ1) is 10.7. The quantitative estimate of drug-likeness (QED) is 0.673. The Balaban J connectivity index is 0.00000192. The summed E-state index contributed by atoms with van der Waals surface area (Å²) in [5, 5.41) is 13.1. The van der Waals surface area contributed by atoms with Crippen LogP contribution in [0.15, 0.2) is 60.0 Å². The molecule has 0 aliphatic heterocycles. The zero-order valence-electron chi connectivity index (χ0n) is 12.6. The van der Waals surface area contributed by atoms with E-state index in [1.165, 1.54) is 11.3 Å². The molecule has 0 N–H and O–H groups in total. The van der Waals surface area contributed by atoms with Crippen molar-refractivity contribution >= 4 is 46.9 Å². The number of nitrogens with zero attached hydrogens (tertiary/aromatic N) is 1. The van der Waals surface area contributed by atoms with Crippen molar-refractivity contribution in [3.8, 4) is 22.1 Å². The molecule has 0 bridgehead atoms. The van der Waals surface area contributed by atoms with E-state index in [1.807, 2.05) is 54.6 Å². The third-order valence-electron chi connectivity index (χ3n) is 2.94. The molecule has 0 saturated heterocycles. The molecule has 0 aliphatic carbocycles. The summed E-state index contributed by atoms with van der Waals surface area (Å²) in [7, 11) is 0. The number of aliphatic carboxylic acids is 1. The van der Waals surface area contributed by atoms with Crippen LogP contribution < -0.4 is 9.84 Å². The van der Waals surface area contributed by atoms with E-state index in [0.29, 0.717) is 11.4 Å². The molecule has 0 aliphatic rings. The SMILES string of the molecule is O=C([O-])Cc1csc(-c2cccc(Oc3ccccc3)c2)n1.[Na]. The molecule has 4 nitrogen and oxygen atoms in total. The summed E-state index contributed by atoms with van der Waals surface area (Å²) in [5.74, 6) is 0.342. The Morgan fingerprint density at radius 1 is 1.09 bits per heavy atom. The molecule has 6 heteroatoms. The number of thiazole rings is 1. The third kappa shape index (κ3) is 4.91. The van der Waals surface area contributed by atoms with Gasteiger partial charge in [0.25, 0.3) is 0 Å². The zero-order valence-corrected chi connectivity index (χ0v) is 15.4. The molecule has 3 aromatic rings. The second-order valence-corrected chi connectivity index (χ2v) is 5.49. The molecule has 1 aromatic heterocycles. The molecule has 2 aromatic carbocycles. The van der Waals surface area contributed by atoms with Crippen molar-refractivity contribution in [3.63, 3.8) is 0 Å². The summed E-state index contributed by atoms with van der Waals surface area (Å²) in [5.41, 5.74) is 1.40. The van der Waals surface area contributed by atoms with E-state index in [-0.39, 0.29) is 36.0 Å². The minimum Gasteiger partial charge on any atom is -0.550 e. The minimum absolute atomic E-state index is 0. The Kier molecular flexibility index (Phi) is 6.36. The predicted molar refractivity (Wildman–Crippen MR) is 88.5 cm³/mol. The summed E-state index contributed by atoms with van der Waals surface area (Å²) >= 11 is 1.40. The molecular formula is C17H12NNaO3S-. The van der Waals surface area contributed by atoms with E-state index in [0.717, 1.165) is 16.3 Å². The Labute approximate surface area is 160 Å². The topological polar surface area (TPSA) is 62.2 Å². The molecule has 111 valence electrons. The van der Waals surface area contributed by atoms with Gasteiger partial charge < -0.3 is 14.6 Å². The fourth-order valence-electron chi connectivity index (χ4n) is 1.99. The van der Waals surface area contributed by atoms with Gasteiger partial charge in [-0.15, -0.1) is 11.3 Å². The van der Waals surface area contributed by atoms with Crippen LogP contribution in [0.25, 0.3) is 10.6 Å². The van der Waals surface area contributed by atoms with Crippen molar-refractivity contribution in [2.75, 3.05) is 0 Å². The average molecular weight is 333 g/mol. The minimum atomic E-state index is -1.13. The normalized spacial score (nSPS) is 9.91. The summed E-state index contributed by atoms with van der Waals surface area (Å²) in [6.07, 6.45) is -0.170. The number of carbonyl (C=O) groups excluding carboxylic acids is 1. The van der Waals surface area contributed by atoms with Gasteiger partial charge in [0.05, 0.1) is 5.69 Å². The molecule has 23 heavy (non-hydrogen) atoms. The number of aromatic nitrogens is 1. The zero-order chi connectivity index (χ0) is 15.4. The Morgan fingerprint density at radius 2 is 1.83 bits per heavy atom. The van der Waals surface area contributed by atoms with E-state index in [1.54, 1.807) is 5.38 Å². The first kappa shape index (κ1) is 17.7. The molecule has 0 saturated carbocycles. The number of rotatable bonds is 5. The second-order valence-electron chi connectivity index (χ2n) is 4.64. The van der Waals surface area contributed by atoms with Gasteiger partial charge in [-0.2, -0.15) is 0 Å². The first-order valence-electron chi connectivity index (χ1n) is 6.68. The Morgan fingerprint density at radius 3 is 2.57 bits per heavy atom. The summed E-state index contributed by atoms with van der Waals surface area (Å²) < 4.78 is 5.78. The van der Waals surface area contributed by atoms with Gasteiger partial charge >= 0.3 is 0 Å². The standard InChI is InChI=1S/C17H13NO3S.Na/c19-16(20)10-13-11-22-17(18-13)12-5-4-8-15(9-12)21-14-6-2-1-3-7-14;/h1-9,11H,10H2,(H,19,20);/p-1. The van der Waals surface area contributed by atoms with Gasteiger partial charge in [-0.05, 0) is 24.3 Å². The van der Waals surface area contributed by atoms with Gasteiger partial charge in [0.1, 0.15) is 16.5 Å². The van der Waals surface area contributed by atoms with Gasteiger partial charge in [-0.3, -0.25) is 0 Å². The molecule has 0 fully saturated rings. The molecular weight excluding hydrogens is 321 g/mol. The van der Waals surface area contributed by atoms with Crippen molar-refractivity contribution in [1.29, 1.82) is 0 Å². The second kappa shape index (κ2) is 8.26. The maximum absolute atomic E-state index is 10.6. The van der Waals surface area contributed by atoms with Crippen LogP contribution in [-0.4, -0.2) is 40.5 Å². The molecule has 3 rings (SSSR count). The molecule has 0 atom stereocenters. The van der Waals surface area contributed by atoms with Crippen LogP contribution in [-0.2, 0) is 11.2 Å². The van der Waals surface area contributed by atoms with Crippen molar-refractivity contribution in [2.24, 2.45) is 0 Å². The number of ether oxygens (including phenoxy) is 1. The maximum atomic E-state index is 10.6. The van der Waals surface area contributed by atoms with Crippen LogP contribution in [0.5, 0.6) is 11.5 Å². The third-order valence-corrected chi connectivity index (χ3v) is 3.88. The van der Waals surface area contributed by atoms with Crippen LogP contribution in [0.1, 0.15) is 5.69 Å². The van der Waals surface area contributed by atoms with Crippen molar-refractivity contribution < 1.29 is 14.6 Å². The molecule has 1 heterocycles. The van der Waals surface area contributed by atoms with E-state index in [2.05, 4.69) is 4.98 Å². The molecule has 0 amide bonds. The van der Waals surface area contributed by atoms with Gasteiger partial charge in [0, 0.05) is 52.9 Å². The summed E-state index contributed by atoms with van der Waals surface area (Å²) in [6, 6.07) is 17.1. The Bertz CT molecular complexity index is 789. The Hall–Kier alpha value is -1.66. The number of hydrogen-bond donors (Lipinski definition) is 0. The fraction of sp³-hybridized carbons (Fsp3) is 0.0588. The van der Waals surface area contributed by atoms with Crippen molar-refractivity contribution in [2.45, 2.75) is 6.42 Å². The van der Waals surface area contributed by atoms with Crippen LogP contribution in [0.3, 0.4) is 0 Å². The number of hydrogen-bond acceptors (Lipinski definition) is 5. The largest absolute Gasteiger partial charge is 0.550 e. The van der Waals surface area contributed by atoms with E-state index in [4.69, 9.17) is 4.74 Å². The first-order valence-corrected chi connectivity index (χ1v) is 7.56. The predicted octanol–water partition coefficient (Wildman–Crippen LogP) is 2.51. The summed E-state index contributed by atoms with van der Waals surface area (Å²) in [4.78, 5) is 14.9. The van der Waals surface area contributed by atoms with Crippen LogP contribution in [0.2, 0.25) is 0 Å². The van der Waals surface area contributed by atoms with Crippen LogP contribution >= 0.6 is 11.3 Å². The van der Waals surface area contributed by atoms with Gasteiger partial charge in [-0.1, -0.05) is 30.3 Å². The van der Waals surface area contributed by atoms with Crippen LogP contribution in [0.4, 0.5) is 0 Å². The molecule has 0 unspecified atom stereocenters. The average Bonchev–Trinajstić information content (AvgIpc) is 2.96. The molecule has 1 radical (unpaired) electrons.